The molecule has 0 bridgehead atoms. The van der Waals surface area contributed by atoms with E-state index in [1.165, 1.54) is 23.9 Å². The smallest absolute Gasteiger partial charge is 0.216 e. The van der Waals surface area contributed by atoms with Crippen LogP contribution in [0.2, 0.25) is 0 Å². The van der Waals surface area contributed by atoms with Gasteiger partial charge in [-0.2, -0.15) is 0 Å². The first-order chi connectivity index (χ1) is 23.9. The van der Waals surface area contributed by atoms with Gasteiger partial charge in [-0.25, -0.2) is 23.8 Å². The molecule has 0 unspecified atom stereocenters. The van der Waals surface area contributed by atoms with Crippen LogP contribution in [0.25, 0.3) is 21.9 Å². The maximum atomic E-state index is 15.6. The van der Waals surface area contributed by atoms with Crippen LogP contribution in [0.15, 0.2) is 45.3 Å². The predicted molar refractivity (Wildman–Crippen MR) is 190 cm³/mol. The van der Waals surface area contributed by atoms with E-state index in [1.807, 2.05) is 43.6 Å². The number of rotatable bonds is 6. The summed E-state index contributed by atoms with van der Waals surface area (Å²) >= 11 is 1.45. The fourth-order valence-corrected chi connectivity index (χ4v) is 8.27. The molecule has 0 radical (unpaired) electrons. The zero-order chi connectivity index (χ0) is 33.4. The number of aryl methyl sites for hydroxylation is 1. The molecule has 0 amide bonds. The first-order valence-corrected chi connectivity index (χ1v) is 18.0. The number of benzene rings is 1. The average molecular weight is 690 g/mol. The first-order valence-electron chi connectivity index (χ1n) is 17.0. The van der Waals surface area contributed by atoms with Gasteiger partial charge in [-0.1, -0.05) is 11.8 Å². The molecule has 2 N–H and O–H groups in total. The molecule has 0 spiro atoms. The van der Waals surface area contributed by atoms with Crippen molar-refractivity contribution in [2.24, 2.45) is 5.10 Å². The largest absolute Gasteiger partial charge is 0.367 e. The van der Waals surface area contributed by atoms with E-state index < -0.39 is 11.6 Å². The third kappa shape index (κ3) is 5.10. The summed E-state index contributed by atoms with van der Waals surface area (Å²) in [6.45, 7) is 8.40. The zero-order valence-corrected chi connectivity index (χ0v) is 28.0. The molecule has 1 saturated carbocycles. The Balaban J connectivity index is 1.06. The highest BCUT2D eigenvalue weighted by atomic mass is 32.2. The van der Waals surface area contributed by atoms with Crippen molar-refractivity contribution in [1.82, 2.24) is 29.8 Å². The monoisotopic (exact) mass is 689 g/mol. The summed E-state index contributed by atoms with van der Waals surface area (Å²) in [5.74, 6) is -0.237. The molecule has 49 heavy (non-hydrogen) atoms. The van der Waals surface area contributed by atoms with E-state index in [0.717, 1.165) is 44.5 Å². The van der Waals surface area contributed by atoms with Crippen molar-refractivity contribution in [2.45, 2.75) is 32.4 Å². The van der Waals surface area contributed by atoms with E-state index in [9.17, 15) is 9.59 Å². The molecule has 3 aromatic heterocycles. The lowest BCUT2D eigenvalue weighted by Crippen LogP contribution is -2.44. The van der Waals surface area contributed by atoms with E-state index in [-0.39, 0.29) is 34.8 Å². The van der Waals surface area contributed by atoms with Gasteiger partial charge in [0.1, 0.15) is 29.5 Å². The zero-order valence-electron chi connectivity index (χ0n) is 27.2. The lowest BCUT2D eigenvalue weighted by molar-refractivity contribution is 0.442. The predicted octanol–water partition coefficient (Wildman–Crippen LogP) is 2.64. The minimum atomic E-state index is -0.517. The van der Waals surface area contributed by atoms with Crippen LogP contribution in [0, 0.1) is 11.6 Å². The topological polar surface area (TPSA) is 110 Å². The van der Waals surface area contributed by atoms with Crippen molar-refractivity contribution in [3.8, 4) is 0 Å². The Morgan fingerprint density at radius 2 is 1.53 bits per heavy atom. The Labute approximate surface area is 284 Å². The summed E-state index contributed by atoms with van der Waals surface area (Å²) in [7, 11) is 0. The molecule has 16 heteroatoms. The highest BCUT2D eigenvalue weighted by Gasteiger charge is 2.39. The van der Waals surface area contributed by atoms with E-state index in [2.05, 4.69) is 20.2 Å². The number of halogens is 2. The van der Waals surface area contributed by atoms with Crippen molar-refractivity contribution in [3.05, 3.63) is 62.7 Å². The number of aromatic nitrogens is 3. The fraction of sp³-hybridized carbons (Fsp3) is 0.455. The number of hydrogen-bond acceptors (Lipinski definition) is 12. The van der Waals surface area contributed by atoms with Crippen LogP contribution in [0.5, 0.6) is 0 Å². The second-order valence-corrected chi connectivity index (χ2v) is 14.0. The lowest BCUT2D eigenvalue weighted by atomic mass is 10.1. The van der Waals surface area contributed by atoms with Crippen LogP contribution in [-0.4, -0.2) is 89.2 Å². The SMILES string of the molecule is CCn1cc(N2CSC3=NN(c4cn(C5CC5)c5cc(N6CCNCC6)c(F)cc5c4=O)CN32)c(=O)c2cc(F)c(N3CCNCC3)nc21. The number of hydrazine groups is 1. The van der Waals surface area contributed by atoms with Crippen LogP contribution < -0.4 is 41.3 Å². The van der Waals surface area contributed by atoms with Gasteiger partial charge in [-0.3, -0.25) is 14.6 Å². The van der Waals surface area contributed by atoms with Crippen molar-refractivity contribution < 1.29 is 8.78 Å². The number of piperazine rings is 2. The molecule has 5 aliphatic rings. The number of nitrogens with zero attached hydrogens (tertiary/aromatic N) is 9. The van der Waals surface area contributed by atoms with Gasteiger partial charge in [-0.05, 0) is 38.0 Å². The van der Waals surface area contributed by atoms with Crippen molar-refractivity contribution in [2.75, 3.05) is 84.7 Å². The maximum absolute atomic E-state index is 15.6. The lowest BCUT2D eigenvalue weighted by Gasteiger charge is -2.30. The number of thioether (sulfide) groups is 1. The number of hydrazone groups is 1. The Bertz CT molecular complexity index is 2140. The molecular formula is C33H37F2N11O2S. The van der Waals surface area contributed by atoms with Gasteiger partial charge in [-0.15, -0.1) is 5.10 Å². The third-order valence-electron chi connectivity index (χ3n) is 10.1. The number of amidine groups is 1. The Hall–Kier alpha value is -4.41. The van der Waals surface area contributed by atoms with E-state index in [0.29, 0.717) is 71.9 Å². The Morgan fingerprint density at radius 1 is 0.837 bits per heavy atom. The molecule has 256 valence electrons. The highest BCUT2D eigenvalue weighted by molar-refractivity contribution is 8.14. The number of fused-ring (bicyclic) bond motifs is 3. The Kier molecular flexibility index (Phi) is 7.43. The molecule has 4 aliphatic heterocycles. The molecule has 1 aromatic carbocycles. The second-order valence-electron chi connectivity index (χ2n) is 13.1. The number of anilines is 4. The van der Waals surface area contributed by atoms with Crippen LogP contribution in [0.4, 0.5) is 31.7 Å². The van der Waals surface area contributed by atoms with Gasteiger partial charge in [0.2, 0.25) is 16.0 Å². The van der Waals surface area contributed by atoms with Gasteiger partial charge in [0.25, 0.3) is 0 Å². The quantitative estimate of drug-likeness (QED) is 0.312. The van der Waals surface area contributed by atoms with Crippen molar-refractivity contribution in [3.63, 3.8) is 0 Å². The molecule has 3 saturated heterocycles. The summed E-state index contributed by atoms with van der Waals surface area (Å²) in [6.07, 6.45) is 5.60. The minimum Gasteiger partial charge on any atom is -0.367 e. The van der Waals surface area contributed by atoms with Crippen LogP contribution >= 0.6 is 11.8 Å². The minimum absolute atomic E-state index is 0.188. The third-order valence-corrected chi connectivity index (χ3v) is 11.0. The van der Waals surface area contributed by atoms with E-state index in [4.69, 9.17) is 5.10 Å². The normalized spacial score (nSPS) is 19.8. The van der Waals surface area contributed by atoms with Gasteiger partial charge < -0.3 is 29.6 Å². The summed E-state index contributed by atoms with van der Waals surface area (Å²) in [5.41, 5.74) is 1.81. The van der Waals surface area contributed by atoms with Crippen molar-refractivity contribution in [1.29, 1.82) is 0 Å². The maximum Gasteiger partial charge on any atom is 0.216 e. The van der Waals surface area contributed by atoms with Gasteiger partial charge in [0.15, 0.2) is 11.6 Å². The molecule has 4 fully saturated rings. The van der Waals surface area contributed by atoms with Crippen LogP contribution in [-0.2, 0) is 6.54 Å². The molecule has 7 heterocycles. The number of pyridine rings is 3. The number of nitrogens with one attached hydrogen (secondary N) is 2. The summed E-state index contributed by atoms with van der Waals surface area (Å²) in [4.78, 5) is 36.6. The van der Waals surface area contributed by atoms with Gasteiger partial charge in [0, 0.05) is 77.3 Å². The first kappa shape index (κ1) is 30.6. The highest BCUT2D eigenvalue weighted by Crippen LogP contribution is 2.40. The van der Waals surface area contributed by atoms with E-state index in [1.54, 1.807) is 11.2 Å². The molecule has 9 rings (SSSR count). The van der Waals surface area contributed by atoms with Gasteiger partial charge in [0.05, 0.1) is 27.9 Å². The summed E-state index contributed by atoms with van der Waals surface area (Å²) in [5, 5.41) is 17.9. The summed E-state index contributed by atoms with van der Waals surface area (Å²) in [6, 6.07) is 4.75. The number of hydrogen-bond donors (Lipinski definition) is 2. The average Bonchev–Trinajstić information content (AvgIpc) is 3.77. The molecular weight excluding hydrogens is 653 g/mol. The van der Waals surface area contributed by atoms with E-state index >= 15 is 8.78 Å². The second kappa shape index (κ2) is 11.9. The molecule has 1 aliphatic carbocycles. The van der Waals surface area contributed by atoms with Crippen molar-refractivity contribution >= 4 is 61.7 Å². The van der Waals surface area contributed by atoms with Crippen LogP contribution in [0.1, 0.15) is 25.8 Å². The fourth-order valence-electron chi connectivity index (χ4n) is 7.29. The Morgan fingerprint density at radius 3 is 2.24 bits per heavy atom. The molecule has 4 aromatic rings. The molecule has 13 nitrogen and oxygen atoms in total. The summed E-state index contributed by atoms with van der Waals surface area (Å²) < 4.78 is 35.1. The van der Waals surface area contributed by atoms with Crippen LogP contribution in [0.3, 0.4) is 0 Å². The molecule has 0 atom stereocenters. The van der Waals surface area contributed by atoms with Gasteiger partial charge >= 0.3 is 0 Å². The standard InChI is InChI=1S/C33H37F2N11O2S/c1-2-40-16-28(30(48)22-14-24(35)32(38-31(22)40)42-11-7-37-8-12-42)46-19-49-33-39-44(18-45(33)46)27-17-43(20-3-4-20)25-15-26(41-9-5-36-6-10-41)23(34)13-21(25)29(27)47/h13-17,20,36-37H,2-12,18-19H2,1H3.